The van der Waals surface area contributed by atoms with E-state index in [0.717, 1.165) is 5.56 Å². The van der Waals surface area contributed by atoms with Gasteiger partial charge in [0.1, 0.15) is 18.8 Å². The number of halogens is 1. The van der Waals surface area contributed by atoms with Crippen LogP contribution < -0.4 is 16.0 Å². The Bertz CT molecular complexity index is 1040. The predicted octanol–water partition coefficient (Wildman–Crippen LogP) is -0.131. The number of aromatic amines is 1. The van der Waals surface area contributed by atoms with Gasteiger partial charge < -0.3 is 25.4 Å². The van der Waals surface area contributed by atoms with E-state index in [0.29, 0.717) is 0 Å². The standard InChI is InChI=1S/C17H18FN5O5/c18-10-9(6-24)28-15(12(10)25)23-13-11(14(26)22-16(19)21-13)20-17(23)27-7-8-4-2-1-3-5-8/h1-5,9-10,12,15,24-25H,6-7H2,(H3,19,21,22,26)/t9-,10+,12-,15-/m1/s1. The van der Waals surface area contributed by atoms with Gasteiger partial charge in [-0.15, -0.1) is 0 Å². The van der Waals surface area contributed by atoms with Crippen LogP contribution in [0.25, 0.3) is 11.2 Å². The van der Waals surface area contributed by atoms with Crippen molar-refractivity contribution in [1.29, 1.82) is 0 Å². The SMILES string of the molecule is Nc1nc2c(nc(OCc3ccccc3)n2[C@@H]2O[C@H](CO)[C@H](F)[C@H]2O)c(=O)[nH]1. The molecule has 2 aromatic heterocycles. The quantitative estimate of drug-likeness (QED) is 0.470. The monoisotopic (exact) mass is 391 g/mol. The number of aliphatic hydroxyl groups excluding tert-OH is 2. The Balaban J connectivity index is 1.79. The first-order valence-corrected chi connectivity index (χ1v) is 8.52. The second-order valence-corrected chi connectivity index (χ2v) is 6.34. The first-order chi connectivity index (χ1) is 13.5. The van der Waals surface area contributed by atoms with Gasteiger partial charge in [-0.3, -0.25) is 9.78 Å². The third-order valence-corrected chi connectivity index (χ3v) is 4.47. The maximum absolute atomic E-state index is 14.2. The lowest BCUT2D eigenvalue weighted by Gasteiger charge is -2.18. The molecule has 4 atom stereocenters. The molecule has 28 heavy (non-hydrogen) atoms. The van der Waals surface area contributed by atoms with Crippen molar-refractivity contribution in [2.45, 2.75) is 31.2 Å². The number of benzene rings is 1. The van der Waals surface area contributed by atoms with Gasteiger partial charge in [-0.05, 0) is 5.56 Å². The Kier molecular flexibility index (Phi) is 4.71. The molecule has 148 valence electrons. The molecular formula is C17H18FN5O5. The molecule has 0 bridgehead atoms. The minimum Gasteiger partial charge on any atom is -0.460 e. The van der Waals surface area contributed by atoms with Crippen molar-refractivity contribution >= 4 is 17.1 Å². The van der Waals surface area contributed by atoms with Crippen molar-refractivity contribution in [3.8, 4) is 6.01 Å². The molecule has 0 radical (unpaired) electrons. The third kappa shape index (κ3) is 3.09. The molecule has 11 heteroatoms. The molecule has 3 heterocycles. The molecule has 1 aliphatic rings. The number of nitrogen functional groups attached to an aromatic ring is 1. The zero-order chi connectivity index (χ0) is 19.8. The Morgan fingerprint density at radius 3 is 2.75 bits per heavy atom. The molecule has 0 unspecified atom stereocenters. The van der Waals surface area contributed by atoms with Gasteiger partial charge in [0.25, 0.3) is 5.56 Å². The summed E-state index contributed by atoms with van der Waals surface area (Å²) in [5.74, 6) is -0.184. The van der Waals surface area contributed by atoms with Crippen molar-refractivity contribution in [2.24, 2.45) is 0 Å². The van der Waals surface area contributed by atoms with Crippen LogP contribution in [0.15, 0.2) is 35.1 Å². The number of ether oxygens (including phenoxy) is 2. The summed E-state index contributed by atoms with van der Waals surface area (Å²) in [4.78, 5) is 22.7. The maximum Gasteiger partial charge on any atom is 0.301 e. The normalized spacial score (nSPS) is 24.7. The van der Waals surface area contributed by atoms with E-state index < -0.39 is 36.8 Å². The van der Waals surface area contributed by atoms with Crippen LogP contribution in [-0.4, -0.2) is 54.7 Å². The van der Waals surface area contributed by atoms with Crippen molar-refractivity contribution in [3.05, 3.63) is 46.2 Å². The summed E-state index contributed by atoms with van der Waals surface area (Å²) < 4.78 is 26.6. The average molecular weight is 391 g/mol. The van der Waals surface area contributed by atoms with Gasteiger partial charge in [0, 0.05) is 0 Å². The number of rotatable bonds is 5. The van der Waals surface area contributed by atoms with Crippen LogP contribution in [0.2, 0.25) is 0 Å². The highest BCUT2D eigenvalue weighted by atomic mass is 19.1. The lowest BCUT2D eigenvalue weighted by molar-refractivity contribution is -0.0532. The predicted molar refractivity (Wildman–Crippen MR) is 95.2 cm³/mol. The Morgan fingerprint density at radius 2 is 2.07 bits per heavy atom. The Labute approximate surface area is 157 Å². The summed E-state index contributed by atoms with van der Waals surface area (Å²) in [5, 5.41) is 19.5. The van der Waals surface area contributed by atoms with Gasteiger partial charge in [-0.1, -0.05) is 30.3 Å². The number of fused-ring (bicyclic) bond motifs is 1. The number of nitrogens with two attached hydrogens (primary N) is 1. The third-order valence-electron chi connectivity index (χ3n) is 4.47. The van der Waals surface area contributed by atoms with Crippen molar-refractivity contribution in [1.82, 2.24) is 19.5 Å². The van der Waals surface area contributed by atoms with Crippen LogP contribution in [0.3, 0.4) is 0 Å². The van der Waals surface area contributed by atoms with Gasteiger partial charge in [-0.2, -0.15) is 9.97 Å². The fourth-order valence-electron chi connectivity index (χ4n) is 3.10. The number of hydrogen-bond acceptors (Lipinski definition) is 8. The second kappa shape index (κ2) is 7.19. The van der Waals surface area contributed by atoms with Crippen LogP contribution in [0.5, 0.6) is 6.01 Å². The minimum atomic E-state index is -1.84. The number of nitrogens with one attached hydrogen (secondary N) is 1. The first-order valence-electron chi connectivity index (χ1n) is 8.52. The summed E-state index contributed by atoms with van der Waals surface area (Å²) in [6.45, 7) is -0.527. The summed E-state index contributed by atoms with van der Waals surface area (Å²) in [6, 6.07) is 9.07. The van der Waals surface area contributed by atoms with Crippen LogP contribution in [0.1, 0.15) is 11.8 Å². The highest BCUT2D eigenvalue weighted by Crippen LogP contribution is 2.36. The summed E-state index contributed by atoms with van der Waals surface area (Å²) >= 11 is 0. The number of H-pyrrole nitrogens is 1. The van der Waals surface area contributed by atoms with Gasteiger partial charge in [-0.25, -0.2) is 8.96 Å². The zero-order valence-corrected chi connectivity index (χ0v) is 14.5. The fraction of sp³-hybridized carbons (Fsp3) is 0.353. The van der Waals surface area contributed by atoms with Gasteiger partial charge >= 0.3 is 6.01 Å². The van der Waals surface area contributed by atoms with E-state index >= 15 is 0 Å². The molecule has 1 aromatic carbocycles. The van der Waals surface area contributed by atoms with E-state index in [2.05, 4.69) is 15.0 Å². The largest absolute Gasteiger partial charge is 0.460 e. The molecule has 4 rings (SSSR count). The van der Waals surface area contributed by atoms with E-state index in [4.69, 9.17) is 15.2 Å². The number of aromatic nitrogens is 4. The fourth-order valence-corrected chi connectivity index (χ4v) is 3.10. The van der Waals surface area contributed by atoms with Gasteiger partial charge in [0.05, 0.1) is 6.61 Å². The zero-order valence-electron chi connectivity index (χ0n) is 14.5. The summed E-state index contributed by atoms with van der Waals surface area (Å²) in [5.41, 5.74) is 5.70. The molecule has 0 saturated carbocycles. The van der Waals surface area contributed by atoms with E-state index in [1.165, 1.54) is 4.57 Å². The summed E-state index contributed by atoms with van der Waals surface area (Å²) in [6.07, 6.45) is -6.01. The smallest absolute Gasteiger partial charge is 0.301 e. The number of alkyl halides is 1. The van der Waals surface area contributed by atoms with E-state index in [1.54, 1.807) is 0 Å². The first kappa shape index (κ1) is 18.3. The molecule has 0 aliphatic carbocycles. The topological polar surface area (TPSA) is 149 Å². The van der Waals surface area contributed by atoms with Crippen LogP contribution in [-0.2, 0) is 11.3 Å². The van der Waals surface area contributed by atoms with Gasteiger partial charge in [0.2, 0.25) is 5.95 Å². The highest BCUT2D eigenvalue weighted by Gasteiger charge is 2.46. The maximum atomic E-state index is 14.2. The number of hydrogen-bond donors (Lipinski definition) is 4. The number of imidazole rings is 1. The molecule has 1 aliphatic heterocycles. The lowest BCUT2D eigenvalue weighted by atomic mass is 10.1. The Morgan fingerprint density at radius 1 is 1.32 bits per heavy atom. The molecule has 10 nitrogen and oxygen atoms in total. The van der Waals surface area contributed by atoms with Crippen LogP contribution in [0.4, 0.5) is 10.3 Å². The van der Waals surface area contributed by atoms with E-state index in [-0.39, 0.29) is 29.7 Å². The van der Waals surface area contributed by atoms with Crippen LogP contribution >= 0.6 is 0 Å². The molecule has 0 amide bonds. The van der Waals surface area contributed by atoms with E-state index in [9.17, 15) is 19.4 Å². The Hall–Kier alpha value is -3.02. The molecule has 5 N–H and O–H groups in total. The lowest BCUT2D eigenvalue weighted by Crippen LogP contribution is -2.29. The second-order valence-electron chi connectivity index (χ2n) is 6.34. The molecule has 0 spiro atoms. The van der Waals surface area contributed by atoms with Crippen LogP contribution in [0, 0.1) is 0 Å². The molecule has 1 fully saturated rings. The average Bonchev–Trinajstić information content (AvgIpc) is 3.18. The van der Waals surface area contributed by atoms with Crippen molar-refractivity contribution in [2.75, 3.05) is 12.3 Å². The molecular weight excluding hydrogens is 373 g/mol. The van der Waals surface area contributed by atoms with Crippen molar-refractivity contribution in [3.63, 3.8) is 0 Å². The molecule has 1 saturated heterocycles. The molecule has 3 aromatic rings. The number of nitrogens with zero attached hydrogens (tertiary/aromatic N) is 3. The number of aliphatic hydroxyl groups is 2. The van der Waals surface area contributed by atoms with Gasteiger partial charge in [0.15, 0.2) is 23.6 Å². The number of anilines is 1. The summed E-state index contributed by atoms with van der Waals surface area (Å²) in [7, 11) is 0. The van der Waals surface area contributed by atoms with E-state index in [1.807, 2.05) is 30.3 Å². The highest BCUT2D eigenvalue weighted by molar-refractivity contribution is 5.72. The van der Waals surface area contributed by atoms with Crippen molar-refractivity contribution < 1.29 is 24.1 Å². The minimum absolute atomic E-state index is 0.0286.